The van der Waals surface area contributed by atoms with Crippen molar-refractivity contribution in [1.29, 1.82) is 0 Å². The molecule has 0 heterocycles. The molecule has 0 atom stereocenters. The lowest BCUT2D eigenvalue weighted by molar-refractivity contribution is -0.137. The summed E-state index contributed by atoms with van der Waals surface area (Å²) in [5, 5.41) is 8.53. The summed E-state index contributed by atoms with van der Waals surface area (Å²) in [6.07, 6.45) is 26.3. The Balaban J connectivity index is 3.17. The number of carboxylic acids is 1. The van der Waals surface area contributed by atoms with E-state index in [4.69, 9.17) is 5.11 Å². The highest BCUT2D eigenvalue weighted by Gasteiger charge is 1.96. The van der Waals surface area contributed by atoms with Gasteiger partial charge in [-0.2, -0.15) is 0 Å². The third kappa shape index (κ3) is 18.7. The third-order valence-corrected chi connectivity index (χ3v) is 3.60. The van der Waals surface area contributed by atoms with Crippen LogP contribution in [0, 0.1) is 0 Å². The minimum Gasteiger partial charge on any atom is -0.481 e. The van der Waals surface area contributed by atoms with Gasteiger partial charge in [-0.15, -0.1) is 0 Å². The Morgan fingerprint density at radius 2 is 1.23 bits per heavy atom. The highest BCUT2D eigenvalue weighted by molar-refractivity contribution is 5.66. The topological polar surface area (TPSA) is 37.3 Å². The van der Waals surface area contributed by atoms with Crippen LogP contribution >= 0.6 is 0 Å². The Morgan fingerprint density at radius 3 is 1.77 bits per heavy atom. The Morgan fingerprint density at radius 1 is 0.727 bits per heavy atom. The summed E-state index contributed by atoms with van der Waals surface area (Å²) in [6, 6.07) is 0. The summed E-state index contributed by atoms with van der Waals surface area (Å²) < 4.78 is 0. The number of allylic oxidation sites excluding steroid dienone is 6. The van der Waals surface area contributed by atoms with Crippen LogP contribution in [0.4, 0.5) is 0 Å². The lowest BCUT2D eigenvalue weighted by Crippen LogP contribution is -1.93. The normalized spacial score (nSPS) is 12.0. The number of hydrogen-bond donors (Lipinski definition) is 1. The second kappa shape index (κ2) is 17.7. The van der Waals surface area contributed by atoms with E-state index in [0.29, 0.717) is 6.42 Å². The summed E-state index contributed by atoms with van der Waals surface area (Å²) in [5.74, 6) is -0.665. The van der Waals surface area contributed by atoms with Crippen LogP contribution in [0.3, 0.4) is 0 Å². The monoisotopic (exact) mass is 306 g/mol. The lowest BCUT2D eigenvalue weighted by atomic mass is 10.1. The minimum absolute atomic E-state index is 0.331. The number of hydrogen-bond acceptors (Lipinski definition) is 1. The van der Waals surface area contributed by atoms with Gasteiger partial charge in [0.1, 0.15) is 0 Å². The predicted octanol–water partition coefficient (Wildman–Crippen LogP) is 6.44. The van der Waals surface area contributed by atoms with Gasteiger partial charge in [-0.25, -0.2) is 0 Å². The van der Waals surface area contributed by atoms with E-state index in [-0.39, 0.29) is 0 Å². The fraction of sp³-hybridized carbons (Fsp3) is 0.650. The van der Waals surface area contributed by atoms with Crippen LogP contribution in [-0.4, -0.2) is 11.1 Å². The molecule has 1 N–H and O–H groups in total. The van der Waals surface area contributed by atoms with Crippen molar-refractivity contribution < 1.29 is 9.90 Å². The van der Waals surface area contributed by atoms with Gasteiger partial charge in [0.2, 0.25) is 0 Å². The zero-order valence-corrected chi connectivity index (χ0v) is 14.3. The maximum Gasteiger partial charge on any atom is 0.303 e. The van der Waals surface area contributed by atoms with Gasteiger partial charge in [-0.1, -0.05) is 88.3 Å². The van der Waals surface area contributed by atoms with Crippen molar-refractivity contribution in [1.82, 2.24) is 0 Å². The molecule has 0 aliphatic carbocycles. The summed E-state index contributed by atoms with van der Waals surface area (Å²) in [5.41, 5.74) is 0. The van der Waals surface area contributed by atoms with E-state index in [1.54, 1.807) is 0 Å². The molecule has 0 unspecified atom stereocenters. The van der Waals surface area contributed by atoms with E-state index in [1.165, 1.54) is 51.4 Å². The second-order valence-corrected chi connectivity index (χ2v) is 5.76. The minimum atomic E-state index is -0.665. The van der Waals surface area contributed by atoms with Crippen molar-refractivity contribution in [2.24, 2.45) is 0 Å². The van der Waals surface area contributed by atoms with Crippen molar-refractivity contribution >= 4 is 5.97 Å². The Kier molecular flexibility index (Phi) is 16.7. The largest absolute Gasteiger partial charge is 0.481 e. The molecule has 0 aromatic carbocycles. The van der Waals surface area contributed by atoms with Gasteiger partial charge in [0.25, 0.3) is 0 Å². The highest BCUT2D eigenvalue weighted by atomic mass is 16.4. The van der Waals surface area contributed by atoms with Gasteiger partial charge in [-0.3, -0.25) is 4.79 Å². The first-order chi connectivity index (χ1) is 10.8. The molecule has 0 aromatic rings. The molecule has 0 aliphatic heterocycles. The summed E-state index contributed by atoms with van der Waals surface area (Å²) in [7, 11) is 0. The van der Waals surface area contributed by atoms with Gasteiger partial charge < -0.3 is 5.11 Å². The summed E-state index contributed by atoms with van der Waals surface area (Å²) in [6.45, 7) is 2.14. The van der Waals surface area contributed by atoms with Crippen LogP contribution in [0.25, 0.3) is 0 Å². The highest BCUT2D eigenvalue weighted by Crippen LogP contribution is 2.11. The van der Waals surface area contributed by atoms with E-state index in [2.05, 4.69) is 43.4 Å². The maximum atomic E-state index is 10.3. The molecule has 126 valence electrons. The van der Waals surface area contributed by atoms with Gasteiger partial charge in [0.05, 0.1) is 0 Å². The fourth-order valence-corrected chi connectivity index (χ4v) is 2.29. The smallest absolute Gasteiger partial charge is 0.303 e. The van der Waals surface area contributed by atoms with Crippen LogP contribution in [0.5, 0.6) is 0 Å². The first-order valence-corrected chi connectivity index (χ1v) is 8.97. The fourth-order valence-electron chi connectivity index (χ4n) is 2.29. The molecular weight excluding hydrogens is 272 g/mol. The predicted molar refractivity (Wildman–Crippen MR) is 96.1 cm³/mol. The molecular formula is C20H34O2. The molecule has 0 saturated heterocycles. The number of aliphatic carboxylic acids is 1. The molecule has 0 aromatic heterocycles. The summed E-state index contributed by atoms with van der Waals surface area (Å²) >= 11 is 0. The zero-order valence-electron chi connectivity index (χ0n) is 14.3. The van der Waals surface area contributed by atoms with Crippen LogP contribution in [0.2, 0.25) is 0 Å². The number of carboxylic acid groups (broad SMARTS) is 1. The van der Waals surface area contributed by atoms with E-state index >= 15 is 0 Å². The van der Waals surface area contributed by atoms with Crippen LogP contribution in [0.1, 0.15) is 84.0 Å². The Labute approximate surface area is 137 Å². The maximum absolute atomic E-state index is 10.3. The molecule has 22 heavy (non-hydrogen) atoms. The molecule has 0 bridgehead atoms. The SMILES string of the molecule is CC/C=C/C=C/C=C/CCCCCCCCCCCC(=O)O. The van der Waals surface area contributed by atoms with Crippen molar-refractivity contribution in [3.8, 4) is 0 Å². The molecule has 0 amide bonds. The molecule has 2 heteroatoms. The zero-order chi connectivity index (χ0) is 16.3. The molecule has 0 aliphatic rings. The molecule has 0 saturated carbocycles. The molecule has 0 radical (unpaired) electrons. The van der Waals surface area contributed by atoms with Crippen molar-refractivity contribution in [3.05, 3.63) is 36.5 Å². The van der Waals surface area contributed by atoms with Gasteiger partial charge in [0, 0.05) is 6.42 Å². The molecule has 0 fully saturated rings. The first-order valence-electron chi connectivity index (χ1n) is 8.97. The quantitative estimate of drug-likeness (QED) is 0.279. The number of rotatable bonds is 15. The number of carbonyl (C=O) groups is 1. The molecule has 2 nitrogen and oxygen atoms in total. The van der Waals surface area contributed by atoms with Crippen LogP contribution in [0.15, 0.2) is 36.5 Å². The Bertz CT molecular complexity index is 327. The van der Waals surface area contributed by atoms with Crippen molar-refractivity contribution in [3.63, 3.8) is 0 Å². The second-order valence-electron chi connectivity index (χ2n) is 5.76. The van der Waals surface area contributed by atoms with Crippen LogP contribution < -0.4 is 0 Å². The van der Waals surface area contributed by atoms with Gasteiger partial charge in [0.15, 0.2) is 0 Å². The van der Waals surface area contributed by atoms with E-state index in [1.807, 2.05) is 0 Å². The van der Waals surface area contributed by atoms with Crippen molar-refractivity contribution in [2.75, 3.05) is 0 Å². The molecule has 0 rings (SSSR count). The van der Waals surface area contributed by atoms with E-state index in [0.717, 1.165) is 19.3 Å². The van der Waals surface area contributed by atoms with Crippen molar-refractivity contribution in [2.45, 2.75) is 84.0 Å². The molecule has 0 spiro atoms. The third-order valence-electron chi connectivity index (χ3n) is 3.60. The van der Waals surface area contributed by atoms with E-state index in [9.17, 15) is 4.79 Å². The van der Waals surface area contributed by atoms with Gasteiger partial charge in [-0.05, 0) is 25.7 Å². The average molecular weight is 306 g/mol. The number of unbranched alkanes of at least 4 members (excludes halogenated alkanes) is 9. The van der Waals surface area contributed by atoms with E-state index < -0.39 is 5.97 Å². The Hall–Kier alpha value is -1.31. The average Bonchev–Trinajstić information content (AvgIpc) is 2.50. The van der Waals surface area contributed by atoms with Crippen LogP contribution in [-0.2, 0) is 4.79 Å². The summed E-state index contributed by atoms with van der Waals surface area (Å²) in [4.78, 5) is 10.3. The first kappa shape index (κ1) is 20.7. The van der Waals surface area contributed by atoms with Gasteiger partial charge >= 0.3 is 5.97 Å². The standard InChI is InChI=1S/C20H34O2/c1-2-3-4-5-6-7-8-9-10-11-12-13-14-15-16-17-18-19-20(21)22/h3-8H,2,9-19H2,1H3,(H,21,22)/b4-3+,6-5+,8-7+. The lowest BCUT2D eigenvalue weighted by Gasteiger charge is -2.01.